The second kappa shape index (κ2) is 8.72. The lowest BCUT2D eigenvalue weighted by Crippen LogP contribution is -2.32. The van der Waals surface area contributed by atoms with Crippen LogP contribution in [0.25, 0.3) is 0 Å². The number of aromatic nitrogens is 2. The summed E-state index contributed by atoms with van der Waals surface area (Å²) in [5.41, 5.74) is 0.922. The van der Waals surface area contributed by atoms with Gasteiger partial charge in [0, 0.05) is 18.8 Å². The topological polar surface area (TPSA) is 94.7 Å². The van der Waals surface area contributed by atoms with Crippen molar-refractivity contribution in [2.45, 2.75) is 25.8 Å². The number of hydrogen-bond donors (Lipinski definition) is 1. The standard InChI is InChI=1S/C18H25N5O4/c1-26-17-10-15(16(23(24)25)11-18(17)27-2)20-14-12-19-22(13-14)9-8-21-6-4-3-5-7-21/h10-13,20H,3-9H2,1-2H3. The molecule has 1 aromatic carbocycles. The molecule has 0 aliphatic carbocycles. The fraction of sp³-hybridized carbons (Fsp3) is 0.500. The Labute approximate surface area is 158 Å². The summed E-state index contributed by atoms with van der Waals surface area (Å²) in [5, 5.41) is 18.8. The molecule has 0 saturated carbocycles. The molecule has 1 aromatic heterocycles. The van der Waals surface area contributed by atoms with E-state index in [0.29, 0.717) is 22.9 Å². The van der Waals surface area contributed by atoms with Crippen LogP contribution in [0.15, 0.2) is 24.5 Å². The average Bonchev–Trinajstić information content (AvgIpc) is 3.14. The maximum Gasteiger partial charge on any atom is 0.296 e. The molecular formula is C18H25N5O4. The van der Waals surface area contributed by atoms with Gasteiger partial charge in [-0.2, -0.15) is 5.10 Å². The molecule has 146 valence electrons. The second-order valence-corrected chi connectivity index (χ2v) is 6.50. The van der Waals surface area contributed by atoms with Gasteiger partial charge in [-0.3, -0.25) is 14.8 Å². The Balaban J connectivity index is 1.71. The summed E-state index contributed by atoms with van der Waals surface area (Å²) in [6.07, 6.45) is 7.35. The molecule has 3 rings (SSSR count). The van der Waals surface area contributed by atoms with E-state index >= 15 is 0 Å². The van der Waals surface area contributed by atoms with Crippen LogP contribution in [0.5, 0.6) is 11.5 Å². The van der Waals surface area contributed by atoms with Crippen molar-refractivity contribution in [3.63, 3.8) is 0 Å². The summed E-state index contributed by atoms with van der Waals surface area (Å²) in [6, 6.07) is 2.91. The van der Waals surface area contributed by atoms with Crippen LogP contribution in [0, 0.1) is 10.1 Å². The van der Waals surface area contributed by atoms with Crippen molar-refractivity contribution in [3.05, 3.63) is 34.6 Å². The van der Waals surface area contributed by atoms with Crippen LogP contribution in [-0.4, -0.2) is 53.5 Å². The molecule has 0 bridgehead atoms. The van der Waals surface area contributed by atoms with Crippen LogP contribution in [0.1, 0.15) is 19.3 Å². The van der Waals surface area contributed by atoms with Gasteiger partial charge in [0.2, 0.25) is 0 Å². The number of anilines is 2. The van der Waals surface area contributed by atoms with Crippen molar-refractivity contribution in [2.75, 3.05) is 39.2 Å². The van der Waals surface area contributed by atoms with Gasteiger partial charge in [0.1, 0.15) is 5.69 Å². The third kappa shape index (κ3) is 4.68. The molecule has 2 heterocycles. The molecule has 2 aromatic rings. The second-order valence-electron chi connectivity index (χ2n) is 6.50. The molecule has 1 N–H and O–H groups in total. The molecule has 1 aliphatic rings. The number of nitro benzene ring substituents is 1. The SMILES string of the molecule is COc1cc(Nc2cnn(CCN3CCCCC3)c2)c([N+](=O)[O-])cc1OC. The lowest BCUT2D eigenvalue weighted by atomic mass is 10.1. The van der Waals surface area contributed by atoms with Crippen LogP contribution in [0.4, 0.5) is 17.1 Å². The molecule has 1 aliphatic heterocycles. The number of methoxy groups -OCH3 is 2. The van der Waals surface area contributed by atoms with E-state index in [1.165, 1.54) is 39.5 Å². The zero-order valence-electron chi connectivity index (χ0n) is 15.7. The maximum absolute atomic E-state index is 11.4. The molecular weight excluding hydrogens is 350 g/mol. The summed E-state index contributed by atoms with van der Waals surface area (Å²) >= 11 is 0. The highest BCUT2D eigenvalue weighted by Crippen LogP contribution is 2.38. The van der Waals surface area contributed by atoms with Crippen LogP contribution in [-0.2, 0) is 6.54 Å². The molecule has 0 spiro atoms. The van der Waals surface area contributed by atoms with Crippen molar-refractivity contribution < 1.29 is 14.4 Å². The highest BCUT2D eigenvalue weighted by Gasteiger charge is 2.20. The predicted octanol–water partition coefficient (Wildman–Crippen LogP) is 3.04. The summed E-state index contributed by atoms with van der Waals surface area (Å²) in [5.74, 6) is 0.732. The van der Waals surface area contributed by atoms with E-state index in [1.807, 2.05) is 10.9 Å². The van der Waals surface area contributed by atoms with Gasteiger partial charge in [-0.05, 0) is 25.9 Å². The summed E-state index contributed by atoms with van der Waals surface area (Å²) in [4.78, 5) is 13.4. The summed E-state index contributed by atoms with van der Waals surface area (Å²) in [6.45, 7) is 4.03. The minimum absolute atomic E-state index is 0.0892. The summed E-state index contributed by atoms with van der Waals surface area (Å²) in [7, 11) is 2.94. The van der Waals surface area contributed by atoms with Gasteiger partial charge in [-0.1, -0.05) is 6.42 Å². The highest BCUT2D eigenvalue weighted by atomic mass is 16.6. The molecule has 1 saturated heterocycles. The van der Waals surface area contributed by atoms with Crippen molar-refractivity contribution >= 4 is 17.1 Å². The predicted molar refractivity (Wildman–Crippen MR) is 102 cm³/mol. The molecule has 9 nitrogen and oxygen atoms in total. The Morgan fingerprint density at radius 1 is 1.15 bits per heavy atom. The normalized spacial score (nSPS) is 14.7. The van der Waals surface area contributed by atoms with Crippen molar-refractivity contribution in [1.29, 1.82) is 0 Å². The Kier molecular flexibility index (Phi) is 6.12. The van der Waals surface area contributed by atoms with Gasteiger partial charge < -0.3 is 19.7 Å². The van der Waals surface area contributed by atoms with Crippen molar-refractivity contribution in [2.24, 2.45) is 0 Å². The maximum atomic E-state index is 11.4. The zero-order valence-corrected chi connectivity index (χ0v) is 15.7. The molecule has 0 unspecified atom stereocenters. The Bertz CT molecular complexity index is 786. The lowest BCUT2D eigenvalue weighted by Gasteiger charge is -2.26. The largest absolute Gasteiger partial charge is 0.493 e. The smallest absolute Gasteiger partial charge is 0.296 e. The van der Waals surface area contributed by atoms with E-state index in [0.717, 1.165) is 26.2 Å². The van der Waals surface area contributed by atoms with Crippen LogP contribution < -0.4 is 14.8 Å². The first-order valence-electron chi connectivity index (χ1n) is 9.03. The van der Waals surface area contributed by atoms with Gasteiger partial charge in [0.25, 0.3) is 5.69 Å². The lowest BCUT2D eigenvalue weighted by molar-refractivity contribution is -0.384. The molecule has 9 heteroatoms. The Morgan fingerprint density at radius 3 is 2.52 bits per heavy atom. The molecule has 0 radical (unpaired) electrons. The van der Waals surface area contributed by atoms with E-state index < -0.39 is 4.92 Å². The van der Waals surface area contributed by atoms with E-state index in [4.69, 9.17) is 9.47 Å². The molecule has 0 atom stereocenters. The minimum atomic E-state index is -0.453. The quantitative estimate of drug-likeness (QED) is 0.560. The summed E-state index contributed by atoms with van der Waals surface area (Å²) < 4.78 is 12.2. The van der Waals surface area contributed by atoms with Crippen molar-refractivity contribution in [1.82, 2.24) is 14.7 Å². The van der Waals surface area contributed by atoms with Crippen LogP contribution >= 0.6 is 0 Å². The van der Waals surface area contributed by atoms with E-state index in [2.05, 4.69) is 15.3 Å². The van der Waals surface area contributed by atoms with Gasteiger partial charge in [0.05, 0.1) is 43.6 Å². The monoisotopic (exact) mass is 375 g/mol. The van der Waals surface area contributed by atoms with Crippen LogP contribution in [0.3, 0.4) is 0 Å². The minimum Gasteiger partial charge on any atom is -0.493 e. The Morgan fingerprint density at radius 2 is 1.85 bits per heavy atom. The van der Waals surface area contributed by atoms with Gasteiger partial charge in [-0.15, -0.1) is 0 Å². The van der Waals surface area contributed by atoms with Gasteiger partial charge in [-0.25, -0.2) is 0 Å². The van der Waals surface area contributed by atoms with E-state index in [1.54, 1.807) is 12.3 Å². The molecule has 27 heavy (non-hydrogen) atoms. The fourth-order valence-corrected chi connectivity index (χ4v) is 3.25. The van der Waals surface area contributed by atoms with Crippen LogP contribution in [0.2, 0.25) is 0 Å². The molecule has 1 fully saturated rings. The third-order valence-electron chi connectivity index (χ3n) is 4.70. The fourth-order valence-electron chi connectivity index (χ4n) is 3.25. The highest BCUT2D eigenvalue weighted by molar-refractivity contribution is 5.73. The zero-order chi connectivity index (χ0) is 19.2. The Hall–Kier alpha value is -2.81. The number of nitrogens with zero attached hydrogens (tertiary/aromatic N) is 4. The first-order valence-corrected chi connectivity index (χ1v) is 9.03. The third-order valence-corrected chi connectivity index (χ3v) is 4.70. The number of nitrogens with one attached hydrogen (secondary N) is 1. The first kappa shape index (κ1) is 19.0. The number of rotatable bonds is 8. The number of benzene rings is 1. The van der Waals surface area contributed by atoms with E-state index in [9.17, 15) is 10.1 Å². The molecule has 0 amide bonds. The number of piperidine rings is 1. The number of hydrogen-bond acceptors (Lipinski definition) is 7. The van der Waals surface area contributed by atoms with Crippen molar-refractivity contribution in [3.8, 4) is 11.5 Å². The van der Waals surface area contributed by atoms with Gasteiger partial charge >= 0.3 is 0 Å². The number of ether oxygens (including phenoxy) is 2. The average molecular weight is 375 g/mol. The van der Waals surface area contributed by atoms with E-state index in [-0.39, 0.29) is 5.69 Å². The first-order chi connectivity index (χ1) is 13.1. The number of likely N-dealkylation sites (tertiary alicyclic amines) is 1. The van der Waals surface area contributed by atoms with Gasteiger partial charge in [0.15, 0.2) is 11.5 Å². The number of nitro groups is 1.